The Morgan fingerprint density at radius 3 is 2.88 bits per heavy atom. The van der Waals surface area contributed by atoms with E-state index in [9.17, 15) is 0 Å². The molecule has 124 valence electrons. The molecule has 0 saturated carbocycles. The monoisotopic (exact) mass is 323 g/mol. The van der Waals surface area contributed by atoms with Gasteiger partial charge in [-0.1, -0.05) is 24.3 Å². The highest BCUT2D eigenvalue weighted by atomic mass is 16.5. The molecule has 0 bridgehead atoms. The van der Waals surface area contributed by atoms with Crippen molar-refractivity contribution in [2.75, 3.05) is 13.7 Å². The van der Waals surface area contributed by atoms with Crippen molar-refractivity contribution in [3.05, 3.63) is 54.2 Å². The summed E-state index contributed by atoms with van der Waals surface area (Å²) in [7, 11) is 3.76. The summed E-state index contributed by atoms with van der Waals surface area (Å²) in [6.07, 6.45) is 2.89. The van der Waals surface area contributed by atoms with Crippen LogP contribution in [0.4, 0.5) is 0 Å². The summed E-state index contributed by atoms with van der Waals surface area (Å²) in [5.41, 5.74) is 2.10. The number of para-hydroxylation sites is 1. The number of aromatic nitrogens is 4. The maximum atomic E-state index is 5.60. The Hall–Kier alpha value is -2.31. The number of methoxy groups -OCH3 is 1. The van der Waals surface area contributed by atoms with Crippen molar-refractivity contribution in [3.63, 3.8) is 0 Å². The van der Waals surface area contributed by atoms with Gasteiger partial charge in [0.05, 0.1) is 23.4 Å². The zero-order valence-electron chi connectivity index (χ0n) is 14.0. The van der Waals surface area contributed by atoms with E-state index < -0.39 is 0 Å². The number of hydrogen-bond donors (Lipinski definition) is 0. The van der Waals surface area contributed by atoms with Crippen LogP contribution in [-0.4, -0.2) is 44.4 Å². The number of fused-ring (bicyclic) bond motifs is 1. The summed E-state index contributed by atoms with van der Waals surface area (Å²) >= 11 is 0. The highest BCUT2D eigenvalue weighted by Gasteiger charge is 2.35. The molecule has 3 aromatic rings. The Kier molecular flexibility index (Phi) is 4.00. The van der Waals surface area contributed by atoms with E-state index >= 15 is 0 Å². The van der Waals surface area contributed by atoms with E-state index in [1.807, 2.05) is 23.7 Å². The summed E-state index contributed by atoms with van der Waals surface area (Å²) in [4.78, 5) is 7.19. The molecule has 0 unspecified atom stereocenters. The largest absolute Gasteiger partial charge is 0.380 e. The van der Waals surface area contributed by atoms with Crippen LogP contribution in [0.15, 0.2) is 42.7 Å². The van der Waals surface area contributed by atoms with E-state index in [1.54, 1.807) is 13.4 Å². The van der Waals surface area contributed by atoms with Gasteiger partial charge in [0.25, 0.3) is 0 Å². The lowest BCUT2D eigenvalue weighted by Crippen LogP contribution is -2.26. The molecular weight excluding hydrogens is 302 g/mol. The van der Waals surface area contributed by atoms with Gasteiger partial charge < -0.3 is 9.30 Å². The molecule has 0 spiro atoms. The minimum absolute atomic E-state index is 0.204. The third kappa shape index (κ3) is 2.79. The van der Waals surface area contributed by atoms with Crippen molar-refractivity contribution >= 4 is 10.9 Å². The van der Waals surface area contributed by atoms with Crippen LogP contribution in [0.2, 0.25) is 0 Å². The van der Waals surface area contributed by atoms with Gasteiger partial charge in [-0.15, -0.1) is 10.2 Å². The van der Waals surface area contributed by atoms with E-state index in [2.05, 4.69) is 39.4 Å². The molecular formula is C18H21N5O. The Morgan fingerprint density at radius 1 is 1.21 bits per heavy atom. The molecule has 0 aliphatic carbocycles. The SMILES string of the molecule is CO[C@@H]1C[C@@H](c2nncn2C)N(Cc2ccc3ccccc3n2)C1. The molecule has 1 saturated heterocycles. The van der Waals surface area contributed by atoms with Crippen LogP contribution in [0, 0.1) is 0 Å². The first kappa shape index (κ1) is 15.2. The first-order valence-electron chi connectivity index (χ1n) is 8.20. The predicted molar refractivity (Wildman–Crippen MR) is 91.3 cm³/mol. The van der Waals surface area contributed by atoms with Crippen LogP contribution in [0.5, 0.6) is 0 Å². The highest BCUT2D eigenvalue weighted by molar-refractivity contribution is 5.78. The molecule has 24 heavy (non-hydrogen) atoms. The van der Waals surface area contributed by atoms with Crippen molar-refractivity contribution in [2.45, 2.75) is 25.1 Å². The lowest BCUT2D eigenvalue weighted by Gasteiger charge is -2.23. The number of benzene rings is 1. The first-order chi connectivity index (χ1) is 11.7. The quantitative estimate of drug-likeness (QED) is 0.737. The van der Waals surface area contributed by atoms with Crippen molar-refractivity contribution in [1.29, 1.82) is 0 Å². The minimum atomic E-state index is 0.204. The van der Waals surface area contributed by atoms with Gasteiger partial charge in [0.15, 0.2) is 0 Å². The average molecular weight is 323 g/mol. The van der Waals surface area contributed by atoms with Crippen LogP contribution >= 0.6 is 0 Å². The van der Waals surface area contributed by atoms with Gasteiger partial charge in [0.2, 0.25) is 0 Å². The van der Waals surface area contributed by atoms with Crippen LogP contribution in [-0.2, 0) is 18.3 Å². The number of pyridine rings is 1. The number of likely N-dealkylation sites (tertiary alicyclic amines) is 1. The van der Waals surface area contributed by atoms with Gasteiger partial charge >= 0.3 is 0 Å². The zero-order valence-corrected chi connectivity index (χ0v) is 14.0. The maximum absolute atomic E-state index is 5.60. The molecule has 6 nitrogen and oxygen atoms in total. The number of hydrogen-bond acceptors (Lipinski definition) is 5. The predicted octanol–water partition coefficient (Wildman–Crippen LogP) is 2.33. The van der Waals surface area contributed by atoms with E-state index in [0.29, 0.717) is 0 Å². The van der Waals surface area contributed by atoms with E-state index in [-0.39, 0.29) is 12.1 Å². The molecule has 2 atom stereocenters. The average Bonchev–Trinajstić information content (AvgIpc) is 3.20. The Bertz CT molecular complexity index is 846. The van der Waals surface area contributed by atoms with Gasteiger partial charge in [0.1, 0.15) is 12.2 Å². The van der Waals surface area contributed by atoms with Gasteiger partial charge in [-0.3, -0.25) is 9.88 Å². The normalized spacial score (nSPS) is 21.6. The molecule has 6 heteroatoms. The smallest absolute Gasteiger partial charge is 0.150 e. The fraction of sp³-hybridized carbons (Fsp3) is 0.389. The van der Waals surface area contributed by atoms with Crippen LogP contribution in [0.1, 0.15) is 24.0 Å². The molecule has 4 rings (SSSR count). The Labute approximate surface area is 141 Å². The molecule has 1 aliphatic heterocycles. The molecule has 1 aliphatic rings. The van der Waals surface area contributed by atoms with Gasteiger partial charge in [0, 0.05) is 32.6 Å². The van der Waals surface area contributed by atoms with Gasteiger partial charge in [-0.05, 0) is 18.6 Å². The first-order valence-corrected chi connectivity index (χ1v) is 8.20. The number of rotatable bonds is 4. The second-order valence-corrected chi connectivity index (χ2v) is 6.33. The Balaban J connectivity index is 1.61. The lowest BCUT2D eigenvalue weighted by molar-refractivity contribution is 0.107. The number of aryl methyl sites for hydroxylation is 1. The van der Waals surface area contributed by atoms with Gasteiger partial charge in [-0.2, -0.15) is 0 Å². The highest BCUT2D eigenvalue weighted by Crippen LogP contribution is 2.33. The summed E-state index contributed by atoms with van der Waals surface area (Å²) in [6.45, 7) is 1.66. The fourth-order valence-electron chi connectivity index (χ4n) is 3.47. The van der Waals surface area contributed by atoms with Gasteiger partial charge in [-0.25, -0.2) is 0 Å². The summed E-state index contributed by atoms with van der Waals surface area (Å²) in [5, 5.41) is 9.50. The van der Waals surface area contributed by atoms with E-state index in [0.717, 1.165) is 36.5 Å². The molecule has 2 aromatic heterocycles. The van der Waals surface area contributed by atoms with Crippen molar-refractivity contribution < 1.29 is 4.74 Å². The second kappa shape index (κ2) is 6.30. The molecule has 0 radical (unpaired) electrons. The zero-order chi connectivity index (χ0) is 16.5. The van der Waals surface area contributed by atoms with Crippen molar-refractivity contribution in [3.8, 4) is 0 Å². The number of ether oxygens (including phenoxy) is 1. The molecule has 0 N–H and O–H groups in total. The van der Waals surface area contributed by atoms with E-state index in [4.69, 9.17) is 9.72 Å². The number of nitrogens with zero attached hydrogens (tertiary/aromatic N) is 5. The minimum Gasteiger partial charge on any atom is -0.380 e. The van der Waals surface area contributed by atoms with Crippen molar-refractivity contribution in [1.82, 2.24) is 24.6 Å². The van der Waals surface area contributed by atoms with Crippen LogP contribution in [0.3, 0.4) is 0 Å². The standard InChI is InChI=1S/C18H21N5O/c1-22-12-19-21-18(22)17-9-15(24-2)11-23(17)10-14-8-7-13-5-3-4-6-16(13)20-14/h3-8,12,15,17H,9-11H2,1-2H3/t15-,17+/m1/s1. The van der Waals surface area contributed by atoms with Crippen molar-refractivity contribution in [2.24, 2.45) is 7.05 Å². The fourth-order valence-corrected chi connectivity index (χ4v) is 3.47. The summed E-state index contributed by atoms with van der Waals surface area (Å²) in [6, 6.07) is 12.7. The topological polar surface area (TPSA) is 56.1 Å². The molecule has 1 fully saturated rings. The van der Waals surface area contributed by atoms with E-state index in [1.165, 1.54) is 5.39 Å². The third-order valence-electron chi connectivity index (χ3n) is 4.76. The van der Waals surface area contributed by atoms with Crippen LogP contribution < -0.4 is 0 Å². The molecule has 1 aromatic carbocycles. The third-order valence-corrected chi connectivity index (χ3v) is 4.76. The molecule has 3 heterocycles. The maximum Gasteiger partial charge on any atom is 0.150 e. The Morgan fingerprint density at radius 2 is 2.08 bits per heavy atom. The summed E-state index contributed by atoms with van der Waals surface area (Å²) < 4.78 is 7.59. The second-order valence-electron chi connectivity index (χ2n) is 6.33. The lowest BCUT2D eigenvalue weighted by atomic mass is 10.1. The molecule has 0 amide bonds. The van der Waals surface area contributed by atoms with Crippen LogP contribution in [0.25, 0.3) is 10.9 Å². The summed E-state index contributed by atoms with van der Waals surface area (Å²) in [5.74, 6) is 0.982.